The number of thiol groups is 1. The summed E-state index contributed by atoms with van der Waals surface area (Å²) < 4.78 is 0. The van der Waals surface area contributed by atoms with E-state index in [-0.39, 0.29) is 6.10 Å². The molecule has 0 spiro atoms. The number of aliphatic hydroxyl groups is 1. The van der Waals surface area contributed by atoms with Gasteiger partial charge in [0.2, 0.25) is 0 Å². The van der Waals surface area contributed by atoms with Gasteiger partial charge in [-0.2, -0.15) is 0 Å². The Labute approximate surface area is 183 Å². The second-order valence-corrected chi connectivity index (χ2v) is 13.8. The molecule has 3 saturated carbocycles. The number of aliphatic hydroxyl groups excluding tert-OH is 1. The molecule has 0 aromatic heterocycles. The van der Waals surface area contributed by atoms with E-state index >= 15 is 0 Å². The average molecular weight is 418 g/mol. The van der Waals surface area contributed by atoms with E-state index in [1.807, 2.05) is 4.91 Å². The maximum atomic E-state index is 10.4. The van der Waals surface area contributed by atoms with E-state index in [2.05, 4.69) is 34.6 Å². The molecule has 2 heteroatoms. The highest BCUT2D eigenvalue weighted by molar-refractivity contribution is 7.93. The second kappa shape index (κ2) is 7.29. The van der Waals surface area contributed by atoms with Crippen molar-refractivity contribution in [2.75, 3.05) is 0 Å². The fourth-order valence-corrected chi connectivity index (χ4v) is 10.6. The molecule has 4 aliphatic carbocycles. The zero-order valence-corrected chi connectivity index (χ0v) is 20.5. The van der Waals surface area contributed by atoms with Crippen LogP contribution in [0.2, 0.25) is 0 Å². The Bertz CT molecular complexity index is 682. The van der Waals surface area contributed by atoms with Gasteiger partial charge in [0.15, 0.2) is 9.81 Å². The molecule has 1 nitrogen and oxygen atoms in total. The first kappa shape index (κ1) is 20.9. The number of fused-ring (bicyclic) bond motifs is 7. The van der Waals surface area contributed by atoms with Crippen LogP contribution in [0, 0.1) is 52.3 Å². The third kappa shape index (κ3) is 3.21. The summed E-state index contributed by atoms with van der Waals surface area (Å²) in [6.07, 6.45) is 13.5. The number of hydrogen-bond acceptors (Lipinski definition) is 1. The Kier molecular flexibility index (Phi) is 5.26. The van der Waals surface area contributed by atoms with E-state index < -0.39 is 0 Å². The highest BCUT2D eigenvalue weighted by atomic mass is 32.2. The van der Waals surface area contributed by atoms with E-state index in [0.717, 1.165) is 48.3 Å². The molecule has 3 fully saturated rings. The molecule has 0 saturated heterocycles. The van der Waals surface area contributed by atoms with Crippen molar-refractivity contribution in [1.82, 2.24) is 0 Å². The lowest BCUT2D eigenvalue weighted by atomic mass is 9.46. The van der Waals surface area contributed by atoms with Gasteiger partial charge in [-0.1, -0.05) is 53.9 Å². The summed E-state index contributed by atoms with van der Waals surface area (Å²) in [6.45, 7) is 12.7. The van der Waals surface area contributed by atoms with Gasteiger partial charge in [0.05, 0.1) is 6.10 Å². The average Bonchev–Trinajstić information content (AvgIpc) is 3.37. The van der Waals surface area contributed by atoms with Crippen molar-refractivity contribution in [1.29, 1.82) is 0 Å². The largest absolute Gasteiger partial charge is 0.393 e. The van der Waals surface area contributed by atoms with Gasteiger partial charge in [0, 0.05) is 23.6 Å². The Balaban J connectivity index is 1.37. The third-order valence-electron chi connectivity index (χ3n) is 10.7. The number of rotatable bonds is 5. The summed E-state index contributed by atoms with van der Waals surface area (Å²) in [7, 11) is 0. The van der Waals surface area contributed by atoms with Gasteiger partial charge in [-0.05, 0) is 85.4 Å². The molecule has 29 heavy (non-hydrogen) atoms. The van der Waals surface area contributed by atoms with Crippen LogP contribution in [-0.2, 0) is 11.8 Å². The first-order valence-electron chi connectivity index (χ1n) is 12.9. The molecule has 1 N–H and O–H groups in total. The Hall–Kier alpha value is 0.0500. The third-order valence-corrected chi connectivity index (χ3v) is 12.1. The van der Waals surface area contributed by atoms with Crippen molar-refractivity contribution in [3.05, 3.63) is 9.81 Å². The summed E-state index contributed by atoms with van der Waals surface area (Å²) >= 11 is 1.62. The van der Waals surface area contributed by atoms with Crippen molar-refractivity contribution in [3.63, 3.8) is 0 Å². The van der Waals surface area contributed by atoms with Crippen LogP contribution >= 0.6 is 0 Å². The van der Waals surface area contributed by atoms with Gasteiger partial charge < -0.3 is 5.11 Å². The fraction of sp³-hybridized carbons (Fsp3) is 0.926. The molecule has 0 amide bonds. The lowest BCUT2D eigenvalue weighted by Crippen LogP contribution is -2.52. The topological polar surface area (TPSA) is 20.2 Å². The molecule has 5 rings (SSSR count). The molecule has 1 heterocycles. The van der Waals surface area contributed by atoms with E-state index in [1.165, 1.54) is 51.4 Å². The van der Waals surface area contributed by atoms with Gasteiger partial charge in [0.1, 0.15) is 0 Å². The lowest BCUT2D eigenvalue weighted by Gasteiger charge is -2.56. The SMILES string of the molecule is CC(C)CCC[C@@H](C)[C@H]1CC[C@H]2[C@@H]3C4=C([SH+]4)C4C[C@@H](O)CC[C@]4(C)[C@H]3CC[C@]12C. The molecular weight excluding hydrogens is 372 g/mol. The standard InChI is InChI=1S/C27H44OS/c1-16(2)7-6-8-17(3)19-9-10-20-23-21(12-14-26(19,20)4)27(5)13-11-18(28)15-22(27)24-25(23)29-24/h16-23,28H,6-15H2,1-5H3/p+1/t17-,18+,19-,20+,21+,22?,23+,26-,27-/m1/s1. The molecule has 0 bridgehead atoms. The summed E-state index contributed by atoms with van der Waals surface area (Å²) in [4.78, 5) is 3.67. The van der Waals surface area contributed by atoms with Crippen LogP contribution in [0.3, 0.4) is 0 Å². The molecule has 0 aromatic rings. The zero-order valence-electron chi connectivity index (χ0n) is 19.6. The van der Waals surface area contributed by atoms with Crippen molar-refractivity contribution >= 4 is 11.8 Å². The number of allylic oxidation sites excluding steroid dienone is 2. The fourth-order valence-electron chi connectivity index (χ4n) is 9.07. The quantitative estimate of drug-likeness (QED) is 0.388. The zero-order chi connectivity index (χ0) is 20.6. The molecule has 5 aliphatic rings. The van der Waals surface area contributed by atoms with Gasteiger partial charge in [-0.25, -0.2) is 0 Å². The van der Waals surface area contributed by atoms with Crippen LogP contribution < -0.4 is 0 Å². The monoisotopic (exact) mass is 417 g/mol. The van der Waals surface area contributed by atoms with Crippen molar-refractivity contribution < 1.29 is 5.11 Å². The minimum absolute atomic E-state index is 0.0365. The molecule has 1 aliphatic heterocycles. The van der Waals surface area contributed by atoms with Gasteiger partial charge in [-0.15, -0.1) is 0 Å². The summed E-state index contributed by atoms with van der Waals surface area (Å²) in [5.41, 5.74) is 1.07. The van der Waals surface area contributed by atoms with Crippen LogP contribution in [0.4, 0.5) is 0 Å². The maximum Gasteiger partial charge on any atom is 0.189 e. The van der Waals surface area contributed by atoms with Crippen molar-refractivity contribution in [3.8, 4) is 0 Å². The van der Waals surface area contributed by atoms with E-state index in [9.17, 15) is 5.11 Å². The smallest absolute Gasteiger partial charge is 0.189 e. The second-order valence-electron chi connectivity index (χ2n) is 12.6. The predicted molar refractivity (Wildman–Crippen MR) is 126 cm³/mol. The molecular formula is C27H45OS+. The maximum absolute atomic E-state index is 10.4. The minimum Gasteiger partial charge on any atom is -0.393 e. The summed E-state index contributed by atoms with van der Waals surface area (Å²) in [5.74, 6) is 6.18. The van der Waals surface area contributed by atoms with Gasteiger partial charge in [0.25, 0.3) is 0 Å². The molecule has 0 radical (unpaired) electrons. The Morgan fingerprint density at radius 2 is 1.66 bits per heavy atom. The molecule has 0 aromatic carbocycles. The van der Waals surface area contributed by atoms with Crippen LogP contribution in [0.25, 0.3) is 0 Å². The highest BCUT2D eigenvalue weighted by Crippen LogP contribution is 2.72. The number of hydrogen-bond donors (Lipinski definition) is 1. The first-order chi connectivity index (χ1) is 13.8. The molecule has 164 valence electrons. The van der Waals surface area contributed by atoms with Crippen LogP contribution in [0.1, 0.15) is 98.8 Å². The van der Waals surface area contributed by atoms with Crippen molar-refractivity contribution in [2.45, 2.75) is 105 Å². The van der Waals surface area contributed by atoms with Crippen molar-refractivity contribution in [2.24, 2.45) is 52.3 Å². The Morgan fingerprint density at radius 3 is 2.41 bits per heavy atom. The Morgan fingerprint density at radius 1 is 0.931 bits per heavy atom. The van der Waals surface area contributed by atoms with Gasteiger partial charge >= 0.3 is 0 Å². The molecule has 9 atom stereocenters. The summed E-state index contributed by atoms with van der Waals surface area (Å²) in [5, 5.41) is 10.4. The lowest BCUT2D eigenvalue weighted by molar-refractivity contribution is -0.0813. The highest BCUT2D eigenvalue weighted by Gasteiger charge is 2.70. The predicted octanol–water partition coefficient (Wildman–Crippen LogP) is 6.73. The first-order valence-corrected chi connectivity index (χ1v) is 13.8. The van der Waals surface area contributed by atoms with Crippen LogP contribution in [-0.4, -0.2) is 11.2 Å². The summed E-state index contributed by atoms with van der Waals surface area (Å²) in [6, 6.07) is 0. The van der Waals surface area contributed by atoms with E-state index in [4.69, 9.17) is 0 Å². The van der Waals surface area contributed by atoms with Crippen LogP contribution in [0.5, 0.6) is 0 Å². The van der Waals surface area contributed by atoms with E-state index in [1.54, 1.807) is 16.7 Å². The van der Waals surface area contributed by atoms with Gasteiger partial charge in [-0.3, -0.25) is 0 Å². The molecule has 1 unspecified atom stereocenters. The van der Waals surface area contributed by atoms with E-state index in [0.29, 0.717) is 16.7 Å². The van der Waals surface area contributed by atoms with Crippen LogP contribution in [0.15, 0.2) is 9.81 Å². The minimum atomic E-state index is -0.0365. The normalized spacial score (nSPS) is 49.3.